The molecule has 36 heavy (non-hydrogen) atoms. The van der Waals surface area contributed by atoms with Gasteiger partial charge in [-0.1, -0.05) is 12.1 Å². The van der Waals surface area contributed by atoms with Crippen molar-refractivity contribution >= 4 is 11.7 Å². The van der Waals surface area contributed by atoms with Crippen LogP contribution < -0.4 is 14.8 Å². The van der Waals surface area contributed by atoms with Gasteiger partial charge in [-0.3, -0.25) is 4.79 Å². The molecule has 0 radical (unpaired) electrons. The van der Waals surface area contributed by atoms with Gasteiger partial charge >= 0.3 is 5.97 Å². The highest BCUT2D eigenvalue weighted by Gasteiger charge is 2.14. The number of carboxylic acid groups (broad SMARTS) is 1. The first-order valence-corrected chi connectivity index (χ1v) is 12.1. The van der Waals surface area contributed by atoms with Crippen LogP contribution in [0.1, 0.15) is 35.6 Å². The summed E-state index contributed by atoms with van der Waals surface area (Å²) < 4.78 is 31.2. The number of methoxy groups -OCH3 is 1. The third-order valence-electron chi connectivity index (χ3n) is 5.90. The summed E-state index contributed by atoms with van der Waals surface area (Å²) in [7, 11) is 1.65. The molecule has 0 aromatic heterocycles. The van der Waals surface area contributed by atoms with E-state index in [1.807, 2.05) is 31.2 Å². The van der Waals surface area contributed by atoms with E-state index in [0.717, 1.165) is 39.3 Å². The van der Waals surface area contributed by atoms with Crippen molar-refractivity contribution in [3.05, 3.63) is 76.6 Å². The topological polar surface area (TPSA) is 77.0 Å². The number of ether oxygens (including phenoxy) is 3. The lowest BCUT2D eigenvalue weighted by Crippen LogP contribution is -2.07. The van der Waals surface area contributed by atoms with Crippen LogP contribution in [0, 0.1) is 19.7 Å². The normalized spacial score (nSPS) is 10.8. The standard InChI is InChI=1S/C29H34FNO5/c1-5-35-12-13-36-24-14-19(2)29(20(3)15-24)25-16-21(6-10-27(25)34-4)18-31-23-9-7-22(26(30)17-23)8-11-28(32)33/h6-7,9-10,14-17,31H,5,8,11-13,18H2,1-4H3,(H,32,33). The first-order chi connectivity index (χ1) is 17.3. The van der Waals surface area contributed by atoms with Crippen LogP contribution >= 0.6 is 0 Å². The zero-order valence-electron chi connectivity index (χ0n) is 21.3. The molecule has 3 aromatic rings. The van der Waals surface area contributed by atoms with Crippen LogP contribution in [0.25, 0.3) is 11.1 Å². The molecule has 3 aromatic carbocycles. The van der Waals surface area contributed by atoms with E-state index in [4.69, 9.17) is 19.3 Å². The van der Waals surface area contributed by atoms with Crippen LogP contribution in [0.5, 0.6) is 11.5 Å². The van der Waals surface area contributed by atoms with Crippen LogP contribution in [0.15, 0.2) is 48.5 Å². The molecular formula is C29H34FNO5. The SMILES string of the molecule is CCOCCOc1cc(C)c(-c2cc(CNc3ccc(CCC(=O)O)c(F)c3)ccc2OC)c(C)c1. The molecular weight excluding hydrogens is 461 g/mol. The first-order valence-electron chi connectivity index (χ1n) is 12.1. The Labute approximate surface area is 212 Å². The average Bonchev–Trinajstić information content (AvgIpc) is 2.84. The molecule has 0 bridgehead atoms. The maximum absolute atomic E-state index is 14.4. The van der Waals surface area contributed by atoms with Gasteiger partial charge in [0.2, 0.25) is 0 Å². The molecule has 6 nitrogen and oxygen atoms in total. The fraction of sp³-hybridized carbons (Fsp3) is 0.345. The summed E-state index contributed by atoms with van der Waals surface area (Å²) in [5, 5.41) is 12.1. The summed E-state index contributed by atoms with van der Waals surface area (Å²) in [5.41, 5.74) is 6.24. The van der Waals surface area contributed by atoms with Crippen molar-refractivity contribution in [2.45, 2.75) is 40.2 Å². The van der Waals surface area contributed by atoms with Gasteiger partial charge in [-0.05, 0) is 91.4 Å². The fourth-order valence-corrected chi connectivity index (χ4v) is 4.16. The van der Waals surface area contributed by atoms with Crippen molar-refractivity contribution < 1.29 is 28.5 Å². The monoisotopic (exact) mass is 495 g/mol. The van der Waals surface area contributed by atoms with E-state index >= 15 is 0 Å². The van der Waals surface area contributed by atoms with Gasteiger partial charge < -0.3 is 24.6 Å². The molecule has 0 aliphatic rings. The van der Waals surface area contributed by atoms with Crippen LogP contribution in [-0.4, -0.2) is 38.0 Å². The molecule has 0 saturated heterocycles. The molecule has 0 aliphatic carbocycles. The zero-order chi connectivity index (χ0) is 26.1. The van der Waals surface area contributed by atoms with Crippen molar-refractivity contribution in [1.82, 2.24) is 0 Å². The van der Waals surface area contributed by atoms with Crippen LogP contribution in [-0.2, 0) is 22.5 Å². The van der Waals surface area contributed by atoms with Gasteiger partial charge in [0.15, 0.2) is 0 Å². The van der Waals surface area contributed by atoms with Gasteiger partial charge in [-0.25, -0.2) is 4.39 Å². The van der Waals surface area contributed by atoms with Gasteiger partial charge in [-0.2, -0.15) is 0 Å². The van der Waals surface area contributed by atoms with Crippen molar-refractivity contribution in [3.63, 3.8) is 0 Å². The molecule has 192 valence electrons. The molecule has 0 unspecified atom stereocenters. The van der Waals surface area contributed by atoms with Crippen molar-refractivity contribution in [1.29, 1.82) is 0 Å². The number of hydrogen-bond donors (Lipinski definition) is 2. The van der Waals surface area contributed by atoms with Crippen LogP contribution in [0.4, 0.5) is 10.1 Å². The second kappa shape index (κ2) is 12.9. The molecule has 0 atom stereocenters. The number of aliphatic carboxylic acids is 1. The van der Waals surface area contributed by atoms with E-state index in [1.165, 1.54) is 6.07 Å². The maximum Gasteiger partial charge on any atom is 0.303 e. The fourth-order valence-electron chi connectivity index (χ4n) is 4.16. The Morgan fingerprint density at radius 2 is 1.78 bits per heavy atom. The van der Waals surface area contributed by atoms with Crippen molar-refractivity contribution in [2.75, 3.05) is 32.2 Å². The molecule has 0 spiro atoms. The molecule has 7 heteroatoms. The number of benzene rings is 3. The summed E-state index contributed by atoms with van der Waals surface area (Å²) >= 11 is 0. The first kappa shape index (κ1) is 27.0. The number of carboxylic acids is 1. The minimum Gasteiger partial charge on any atom is -0.496 e. The molecule has 3 rings (SSSR count). The second-order valence-corrected chi connectivity index (χ2v) is 8.57. The van der Waals surface area contributed by atoms with E-state index in [0.29, 0.717) is 37.6 Å². The summed E-state index contributed by atoms with van der Waals surface area (Å²) in [6, 6.07) is 14.8. The third kappa shape index (κ3) is 7.21. The Hall–Kier alpha value is -3.58. The summed E-state index contributed by atoms with van der Waals surface area (Å²) in [6.45, 7) is 8.26. The molecule has 0 heterocycles. The van der Waals surface area contributed by atoms with Gasteiger partial charge in [0.25, 0.3) is 0 Å². The van der Waals surface area contributed by atoms with Crippen molar-refractivity contribution in [3.8, 4) is 22.6 Å². The molecule has 0 amide bonds. The van der Waals surface area contributed by atoms with Gasteiger partial charge in [0, 0.05) is 30.8 Å². The number of hydrogen-bond acceptors (Lipinski definition) is 5. The summed E-state index contributed by atoms with van der Waals surface area (Å²) in [4.78, 5) is 10.8. The summed E-state index contributed by atoms with van der Waals surface area (Å²) in [6.07, 6.45) is 0.0653. The Balaban J connectivity index is 1.77. The van der Waals surface area contributed by atoms with Crippen molar-refractivity contribution in [2.24, 2.45) is 0 Å². The highest BCUT2D eigenvalue weighted by molar-refractivity contribution is 5.77. The number of anilines is 1. The maximum atomic E-state index is 14.4. The lowest BCUT2D eigenvalue weighted by atomic mass is 9.93. The van der Waals surface area contributed by atoms with E-state index in [-0.39, 0.29) is 12.8 Å². The molecule has 0 saturated carbocycles. The van der Waals surface area contributed by atoms with Gasteiger partial charge in [-0.15, -0.1) is 0 Å². The quantitative estimate of drug-likeness (QED) is 0.277. The Morgan fingerprint density at radius 1 is 1.03 bits per heavy atom. The molecule has 0 aliphatic heterocycles. The lowest BCUT2D eigenvalue weighted by Gasteiger charge is -2.18. The van der Waals surface area contributed by atoms with E-state index in [2.05, 4.69) is 25.2 Å². The Morgan fingerprint density at radius 3 is 2.42 bits per heavy atom. The predicted molar refractivity (Wildman–Crippen MR) is 140 cm³/mol. The second-order valence-electron chi connectivity index (χ2n) is 8.57. The minimum absolute atomic E-state index is 0.0997. The number of rotatable bonds is 13. The third-order valence-corrected chi connectivity index (χ3v) is 5.90. The largest absolute Gasteiger partial charge is 0.496 e. The smallest absolute Gasteiger partial charge is 0.303 e. The van der Waals surface area contributed by atoms with Gasteiger partial charge in [0.05, 0.1) is 13.7 Å². The average molecular weight is 496 g/mol. The highest BCUT2D eigenvalue weighted by atomic mass is 19.1. The van der Waals surface area contributed by atoms with E-state index < -0.39 is 11.8 Å². The minimum atomic E-state index is -0.943. The molecule has 2 N–H and O–H groups in total. The van der Waals surface area contributed by atoms with Crippen LogP contribution in [0.2, 0.25) is 0 Å². The number of halogens is 1. The highest BCUT2D eigenvalue weighted by Crippen LogP contribution is 2.37. The van der Waals surface area contributed by atoms with E-state index in [9.17, 15) is 9.18 Å². The Kier molecular flexibility index (Phi) is 9.70. The predicted octanol–water partition coefficient (Wildman–Crippen LogP) is 6.16. The number of carbonyl (C=O) groups is 1. The number of aryl methyl sites for hydroxylation is 3. The lowest BCUT2D eigenvalue weighted by molar-refractivity contribution is -0.136. The summed E-state index contributed by atoms with van der Waals surface area (Å²) in [5.74, 6) is 0.218. The molecule has 0 fully saturated rings. The Bertz CT molecular complexity index is 1170. The van der Waals surface area contributed by atoms with E-state index in [1.54, 1.807) is 19.2 Å². The van der Waals surface area contributed by atoms with Gasteiger partial charge in [0.1, 0.15) is 23.9 Å². The van der Waals surface area contributed by atoms with Crippen LogP contribution in [0.3, 0.4) is 0 Å². The number of nitrogens with one attached hydrogen (secondary N) is 1. The zero-order valence-corrected chi connectivity index (χ0v) is 21.3.